The van der Waals surface area contributed by atoms with Gasteiger partial charge in [-0.1, -0.05) is 32.0 Å². The number of carbonyl (C=O) groups excluding carboxylic acids is 2. The Morgan fingerprint density at radius 1 is 0.867 bits per heavy atom. The second-order valence-electron chi connectivity index (χ2n) is 7.07. The minimum Gasteiger partial charge on any atom is -0.496 e. The summed E-state index contributed by atoms with van der Waals surface area (Å²) in [5.41, 5.74) is 1.53. The van der Waals surface area contributed by atoms with E-state index in [0.29, 0.717) is 28.7 Å². The van der Waals surface area contributed by atoms with Gasteiger partial charge in [-0.3, -0.25) is 9.59 Å². The summed E-state index contributed by atoms with van der Waals surface area (Å²) >= 11 is 0. The van der Waals surface area contributed by atoms with Crippen molar-refractivity contribution in [3.8, 4) is 17.2 Å². The van der Waals surface area contributed by atoms with Crippen LogP contribution in [0.25, 0.3) is 0 Å². The van der Waals surface area contributed by atoms with Crippen LogP contribution in [0.1, 0.15) is 42.6 Å². The third-order valence-corrected chi connectivity index (χ3v) is 4.59. The van der Waals surface area contributed by atoms with Crippen LogP contribution in [0.3, 0.4) is 0 Å². The number of ether oxygens (including phenoxy) is 3. The molecule has 2 rings (SSSR count). The van der Waals surface area contributed by atoms with E-state index in [9.17, 15) is 9.59 Å². The summed E-state index contributed by atoms with van der Waals surface area (Å²) in [5, 5.41) is 5.51. The molecule has 7 heteroatoms. The summed E-state index contributed by atoms with van der Waals surface area (Å²) in [4.78, 5) is 24.7. The lowest BCUT2D eigenvalue weighted by molar-refractivity contribution is -0.127. The van der Waals surface area contributed by atoms with Crippen LogP contribution in [0, 0.1) is 0 Å². The Morgan fingerprint density at radius 2 is 1.43 bits per heavy atom. The van der Waals surface area contributed by atoms with Crippen molar-refractivity contribution in [1.82, 2.24) is 10.6 Å². The highest BCUT2D eigenvalue weighted by atomic mass is 16.5. The quantitative estimate of drug-likeness (QED) is 0.584. The van der Waals surface area contributed by atoms with E-state index in [2.05, 4.69) is 24.5 Å². The second-order valence-corrected chi connectivity index (χ2v) is 7.07. The first-order chi connectivity index (χ1) is 14.4. The van der Waals surface area contributed by atoms with Crippen molar-refractivity contribution in [2.75, 3.05) is 27.3 Å². The summed E-state index contributed by atoms with van der Waals surface area (Å²) in [6.07, 6.45) is -0.653. The molecule has 0 aromatic heterocycles. The molecule has 2 amide bonds. The van der Waals surface area contributed by atoms with Crippen molar-refractivity contribution in [2.24, 2.45) is 0 Å². The van der Waals surface area contributed by atoms with Crippen molar-refractivity contribution in [3.63, 3.8) is 0 Å². The number of rotatable bonds is 10. The predicted octanol–water partition coefficient (Wildman–Crippen LogP) is 3.14. The molecule has 0 aliphatic rings. The number of carbonyl (C=O) groups is 2. The molecule has 0 aliphatic carbocycles. The Balaban J connectivity index is 1.81. The minimum absolute atomic E-state index is 0.252. The monoisotopic (exact) mass is 414 g/mol. The van der Waals surface area contributed by atoms with Crippen LogP contribution in [0.2, 0.25) is 0 Å². The molecule has 0 saturated carbocycles. The van der Waals surface area contributed by atoms with Gasteiger partial charge in [0.15, 0.2) is 6.10 Å². The average Bonchev–Trinajstić information content (AvgIpc) is 2.75. The third-order valence-electron chi connectivity index (χ3n) is 4.59. The lowest BCUT2D eigenvalue weighted by Gasteiger charge is -2.16. The van der Waals surface area contributed by atoms with Crippen LogP contribution < -0.4 is 24.8 Å². The largest absolute Gasteiger partial charge is 0.496 e. The topological polar surface area (TPSA) is 85.9 Å². The average molecular weight is 415 g/mol. The number of amides is 2. The molecule has 0 heterocycles. The van der Waals surface area contributed by atoms with Gasteiger partial charge in [-0.05, 0) is 42.7 Å². The van der Waals surface area contributed by atoms with Crippen LogP contribution >= 0.6 is 0 Å². The maximum Gasteiger partial charge on any atom is 0.260 e. The van der Waals surface area contributed by atoms with Gasteiger partial charge in [0, 0.05) is 13.1 Å². The molecule has 0 aliphatic heterocycles. The highest BCUT2D eigenvalue weighted by Gasteiger charge is 2.18. The molecular weight excluding hydrogens is 384 g/mol. The lowest BCUT2D eigenvalue weighted by Crippen LogP contribution is -2.40. The Bertz CT molecular complexity index is 827. The molecule has 2 aromatic rings. The summed E-state index contributed by atoms with van der Waals surface area (Å²) in [7, 11) is 2.98. The van der Waals surface area contributed by atoms with Gasteiger partial charge in [0.25, 0.3) is 11.8 Å². The van der Waals surface area contributed by atoms with Gasteiger partial charge in [0.2, 0.25) is 0 Å². The van der Waals surface area contributed by atoms with Crippen LogP contribution in [0.4, 0.5) is 0 Å². The fourth-order valence-corrected chi connectivity index (χ4v) is 2.86. The first-order valence-electron chi connectivity index (χ1n) is 9.90. The van der Waals surface area contributed by atoms with E-state index in [1.54, 1.807) is 25.1 Å². The fourth-order valence-electron chi connectivity index (χ4n) is 2.86. The standard InChI is InChI=1S/C23H30N2O5/c1-15(2)17-9-11-18(12-10-17)30-16(3)22(26)24-13-14-25-23(27)21-19(28-4)7-6-8-20(21)29-5/h6-12,15-16H,13-14H2,1-5H3,(H,24,26)(H,25,27). The lowest BCUT2D eigenvalue weighted by atomic mass is 10.0. The highest BCUT2D eigenvalue weighted by Crippen LogP contribution is 2.27. The molecule has 0 spiro atoms. The van der Waals surface area contributed by atoms with Gasteiger partial charge in [-0.2, -0.15) is 0 Å². The Kier molecular flexibility index (Phi) is 8.53. The Labute approximate surface area is 177 Å². The molecule has 30 heavy (non-hydrogen) atoms. The van der Waals surface area contributed by atoms with E-state index in [4.69, 9.17) is 14.2 Å². The minimum atomic E-state index is -0.653. The Morgan fingerprint density at radius 3 is 1.97 bits per heavy atom. The molecule has 0 fully saturated rings. The summed E-state index contributed by atoms with van der Waals surface area (Å²) in [6.45, 7) is 6.44. The summed E-state index contributed by atoms with van der Waals surface area (Å²) in [6, 6.07) is 12.8. The van der Waals surface area contributed by atoms with E-state index in [-0.39, 0.29) is 24.9 Å². The molecule has 2 aromatic carbocycles. The maximum absolute atomic E-state index is 12.5. The summed E-state index contributed by atoms with van der Waals surface area (Å²) < 4.78 is 16.2. The third kappa shape index (κ3) is 6.14. The fraction of sp³-hybridized carbons (Fsp3) is 0.391. The zero-order valence-electron chi connectivity index (χ0n) is 18.2. The van der Waals surface area contributed by atoms with Crippen LogP contribution in [0.15, 0.2) is 42.5 Å². The number of hydrogen-bond acceptors (Lipinski definition) is 5. The van der Waals surface area contributed by atoms with Crippen molar-refractivity contribution < 1.29 is 23.8 Å². The van der Waals surface area contributed by atoms with Crippen molar-refractivity contribution >= 4 is 11.8 Å². The summed E-state index contributed by atoms with van der Waals surface area (Å²) in [5.74, 6) is 1.31. The van der Waals surface area contributed by atoms with Crippen molar-refractivity contribution in [2.45, 2.75) is 32.8 Å². The molecule has 0 saturated heterocycles. The van der Waals surface area contributed by atoms with E-state index >= 15 is 0 Å². The molecule has 162 valence electrons. The first kappa shape index (κ1) is 23.1. The van der Waals surface area contributed by atoms with Crippen LogP contribution in [-0.2, 0) is 4.79 Å². The SMILES string of the molecule is COc1cccc(OC)c1C(=O)NCCNC(=O)C(C)Oc1ccc(C(C)C)cc1. The van der Waals surface area contributed by atoms with E-state index in [0.717, 1.165) is 0 Å². The molecule has 0 bridgehead atoms. The molecule has 1 atom stereocenters. The van der Waals surface area contributed by atoms with Crippen molar-refractivity contribution in [1.29, 1.82) is 0 Å². The smallest absolute Gasteiger partial charge is 0.260 e. The van der Waals surface area contributed by atoms with E-state index < -0.39 is 6.10 Å². The van der Waals surface area contributed by atoms with Crippen LogP contribution in [0.5, 0.6) is 17.2 Å². The number of hydrogen-bond donors (Lipinski definition) is 2. The highest BCUT2D eigenvalue weighted by molar-refractivity contribution is 5.99. The molecule has 1 unspecified atom stereocenters. The molecule has 0 radical (unpaired) electrons. The van der Waals surface area contributed by atoms with Gasteiger partial charge in [0.05, 0.1) is 14.2 Å². The number of benzene rings is 2. The number of nitrogens with one attached hydrogen (secondary N) is 2. The predicted molar refractivity (Wildman–Crippen MR) is 116 cm³/mol. The maximum atomic E-state index is 12.5. The van der Waals surface area contributed by atoms with Gasteiger partial charge < -0.3 is 24.8 Å². The zero-order valence-corrected chi connectivity index (χ0v) is 18.2. The van der Waals surface area contributed by atoms with E-state index in [1.165, 1.54) is 19.8 Å². The second kappa shape index (κ2) is 11.1. The Hall–Kier alpha value is -3.22. The molecular formula is C23H30N2O5. The van der Waals surface area contributed by atoms with Gasteiger partial charge in [0.1, 0.15) is 22.8 Å². The molecule has 2 N–H and O–H groups in total. The van der Waals surface area contributed by atoms with Crippen LogP contribution in [-0.4, -0.2) is 45.2 Å². The van der Waals surface area contributed by atoms with Gasteiger partial charge in [-0.25, -0.2) is 0 Å². The van der Waals surface area contributed by atoms with Gasteiger partial charge >= 0.3 is 0 Å². The normalized spacial score (nSPS) is 11.5. The van der Waals surface area contributed by atoms with Gasteiger partial charge in [-0.15, -0.1) is 0 Å². The first-order valence-corrected chi connectivity index (χ1v) is 9.90. The van der Waals surface area contributed by atoms with Crippen molar-refractivity contribution in [3.05, 3.63) is 53.6 Å². The molecule has 7 nitrogen and oxygen atoms in total. The zero-order chi connectivity index (χ0) is 22.1. The number of methoxy groups -OCH3 is 2. The van der Waals surface area contributed by atoms with E-state index in [1.807, 2.05) is 24.3 Å².